The highest BCUT2D eigenvalue weighted by atomic mass is 35.5. The van der Waals surface area contributed by atoms with Crippen LogP contribution in [0.5, 0.6) is 0 Å². The number of rotatable bonds is 6. The first-order chi connectivity index (χ1) is 13.9. The van der Waals surface area contributed by atoms with Crippen molar-refractivity contribution in [2.45, 2.75) is 44.6 Å². The van der Waals surface area contributed by atoms with Crippen molar-refractivity contribution in [3.8, 4) is 0 Å². The fourth-order valence-electron chi connectivity index (χ4n) is 4.37. The molecule has 0 aromatic heterocycles. The van der Waals surface area contributed by atoms with E-state index in [9.17, 15) is 14.9 Å². The lowest BCUT2D eigenvalue weighted by atomic mass is 9.80. The molecule has 0 bridgehead atoms. The molecule has 1 fully saturated rings. The highest BCUT2D eigenvalue weighted by Gasteiger charge is 2.37. The highest BCUT2D eigenvalue weighted by molar-refractivity contribution is 6.35. The zero-order valence-electron chi connectivity index (χ0n) is 16.5. The fourth-order valence-corrected chi connectivity index (χ4v) is 4.92. The second-order valence-corrected chi connectivity index (χ2v) is 8.60. The Morgan fingerprint density at radius 2 is 2.17 bits per heavy atom. The number of piperidine rings is 1. The molecule has 8 heteroatoms. The third-order valence-corrected chi connectivity index (χ3v) is 6.34. The first-order valence-corrected chi connectivity index (χ1v) is 10.8. The Labute approximate surface area is 180 Å². The molecular weight excluding hydrogens is 415 g/mol. The van der Waals surface area contributed by atoms with E-state index in [4.69, 9.17) is 27.9 Å². The van der Waals surface area contributed by atoms with Gasteiger partial charge in [-0.25, -0.2) is 0 Å². The zero-order valence-corrected chi connectivity index (χ0v) is 18.0. The topological polar surface area (TPSA) is 72.7 Å². The van der Waals surface area contributed by atoms with Crippen molar-refractivity contribution in [3.63, 3.8) is 0 Å². The van der Waals surface area contributed by atoms with Crippen molar-refractivity contribution >= 4 is 29.2 Å². The maximum atomic E-state index is 12.1. The fraction of sp³-hybridized carbons (Fsp3) is 0.571. The molecule has 1 heterocycles. The summed E-state index contributed by atoms with van der Waals surface area (Å²) in [7, 11) is 0. The molecule has 3 atom stereocenters. The van der Waals surface area contributed by atoms with E-state index in [-0.39, 0.29) is 22.7 Å². The Kier molecular flexibility index (Phi) is 7.55. The molecule has 0 spiro atoms. The summed E-state index contributed by atoms with van der Waals surface area (Å²) in [6.07, 6.45) is 4.82. The van der Waals surface area contributed by atoms with Crippen LogP contribution >= 0.6 is 23.2 Å². The highest BCUT2D eigenvalue weighted by Crippen LogP contribution is 2.38. The molecular formula is C21H26Cl2N2O4. The number of hydrogen-bond donors (Lipinski definition) is 0. The second-order valence-electron chi connectivity index (χ2n) is 7.75. The Morgan fingerprint density at radius 1 is 1.38 bits per heavy atom. The van der Waals surface area contributed by atoms with Gasteiger partial charge in [-0.3, -0.25) is 19.8 Å². The van der Waals surface area contributed by atoms with Crippen molar-refractivity contribution in [2.24, 2.45) is 5.92 Å². The molecule has 29 heavy (non-hydrogen) atoms. The molecule has 0 saturated carbocycles. The molecule has 0 amide bonds. The van der Waals surface area contributed by atoms with Gasteiger partial charge >= 0.3 is 5.97 Å². The van der Waals surface area contributed by atoms with Crippen molar-refractivity contribution in [3.05, 3.63) is 55.6 Å². The van der Waals surface area contributed by atoms with E-state index in [1.54, 1.807) is 18.2 Å². The van der Waals surface area contributed by atoms with Crippen LogP contribution in [-0.2, 0) is 9.53 Å². The smallest absolute Gasteiger partial charge is 0.310 e. The maximum Gasteiger partial charge on any atom is 0.310 e. The molecule has 0 unspecified atom stereocenters. The maximum absolute atomic E-state index is 12.1. The van der Waals surface area contributed by atoms with Gasteiger partial charge in [0, 0.05) is 34.5 Å². The van der Waals surface area contributed by atoms with Crippen LogP contribution in [0.3, 0.4) is 0 Å². The molecule has 3 rings (SSSR count). The van der Waals surface area contributed by atoms with Gasteiger partial charge in [0.2, 0.25) is 6.04 Å². The summed E-state index contributed by atoms with van der Waals surface area (Å²) in [6, 6.07) is 4.43. The predicted octanol–water partition coefficient (Wildman–Crippen LogP) is 4.72. The van der Waals surface area contributed by atoms with Crippen LogP contribution in [0.15, 0.2) is 29.8 Å². The van der Waals surface area contributed by atoms with Crippen molar-refractivity contribution in [1.29, 1.82) is 0 Å². The second kappa shape index (κ2) is 9.92. The Morgan fingerprint density at radius 3 is 2.86 bits per heavy atom. The largest absolute Gasteiger partial charge is 0.466 e. The van der Waals surface area contributed by atoms with Gasteiger partial charge in [-0.05, 0) is 50.4 Å². The van der Waals surface area contributed by atoms with Crippen LogP contribution in [0.2, 0.25) is 10.0 Å². The molecule has 158 valence electrons. The first kappa shape index (κ1) is 22.1. The van der Waals surface area contributed by atoms with E-state index >= 15 is 0 Å². The number of carbonyl (C=O) groups excluding carboxylic acids is 1. The van der Waals surface area contributed by atoms with E-state index in [1.165, 1.54) is 0 Å². The predicted molar refractivity (Wildman–Crippen MR) is 113 cm³/mol. The van der Waals surface area contributed by atoms with E-state index in [0.29, 0.717) is 42.6 Å². The zero-order chi connectivity index (χ0) is 21.0. The Balaban J connectivity index is 1.69. The SMILES string of the molecule is CCOC(=O)[C@@H]1CCCN(CC2=CC[C@H](c3ccc(Cl)cc3Cl)[C@@H]([N+](=O)[O-])C2)C1. The summed E-state index contributed by atoms with van der Waals surface area (Å²) < 4.78 is 5.16. The lowest BCUT2D eigenvalue weighted by Crippen LogP contribution is -2.41. The lowest BCUT2D eigenvalue weighted by Gasteiger charge is -2.34. The summed E-state index contributed by atoms with van der Waals surface area (Å²) >= 11 is 12.3. The summed E-state index contributed by atoms with van der Waals surface area (Å²) in [5, 5.41) is 12.8. The first-order valence-electron chi connectivity index (χ1n) is 10.0. The van der Waals surface area contributed by atoms with Crippen molar-refractivity contribution < 1.29 is 14.5 Å². The Hall–Kier alpha value is -1.63. The number of benzene rings is 1. The van der Waals surface area contributed by atoms with Gasteiger partial charge in [0.15, 0.2) is 0 Å². The summed E-state index contributed by atoms with van der Waals surface area (Å²) in [5.41, 5.74) is 1.82. The molecule has 0 N–H and O–H groups in total. The summed E-state index contributed by atoms with van der Waals surface area (Å²) in [4.78, 5) is 25.9. The third-order valence-electron chi connectivity index (χ3n) is 5.78. The van der Waals surface area contributed by atoms with Crippen LogP contribution in [0.4, 0.5) is 0 Å². The summed E-state index contributed by atoms with van der Waals surface area (Å²) in [5.74, 6) is -0.526. The molecule has 1 aliphatic carbocycles. The number of carbonyl (C=O) groups is 1. The molecule has 1 aromatic carbocycles. The number of esters is 1. The van der Waals surface area contributed by atoms with Crippen LogP contribution in [0, 0.1) is 16.0 Å². The molecule has 1 aromatic rings. The van der Waals surface area contributed by atoms with Gasteiger partial charge in [-0.15, -0.1) is 0 Å². The Bertz CT molecular complexity index is 799. The van der Waals surface area contributed by atoms with Gasteiger partial charge in [0.25, 0.3) is 0 Å². The van der Waals surface area contributed by atoms with E-state index in [0.717, 1.165) is 30.5 Å². The van der Waals surface area contributed by atoms with Crippen LogP contribution < -0.4 is 0 Å². The number of nitrogens with zero attached hydrogens (tertiary/aromatic N) is 2. The minimum Gasteiger partial charge on any atom is -0.466 e. The van der Waals surface area contributed by atoms with Gasteiger partial charge < -0.3 is 4.74 Å². The van der Waals surface area contributed by atoms with Crippen molar-refractivity contribution in [2.75, 3.05) is 26.2 Å². The quantitative estimate of drug-likeness (QED) is 0.277. The number of allylic oxidation sites excluding steroid dienone is 1. The average molecular weight is 441 g/mol. The van der Waals surface area contributed by atoms with Gasteiger partial charge in [-0.1, -0.05) is 40.9 Å². The molecule has 2 aliphatic rings. The molecule has 6 nitrogen and oxygen atoms in total. The monoisotopic (exact) mass is 440 g/mol. The minimum atomic E-state index is -0.723. The van der Waals surface area contributed by atoms with E-state index < -0.39 is 6.04 Å². The molecule has 1 aliphatic heterocycles. The van der Waals surface area contributed by atoms with Gasteiger partial charge in [0.05, 0.1) is 18.4 Å². The van der Waals surface area contributed by atoms with Crippen LogP contribution in [0.1, 0.15) is 44.1 Å². The standard InChI is InChI=1S/C21H26Cl2N2O4/c1-2-29-21(26)15-4-3-9-24(13-15)12-14-5-7-18(20(10-14)25(27)28)17-8-6-16(22)11-19(17)23/h5-6,8,11,15,18,20H,2-4,7,9-10,12-13H2,1H3/t15-,18-,20+/m1/s1. The average Bonchev–Trinajstić information content (AvgIpc) is 2.69. The molecule has 0 radical (unpaired) electrons. The minimum absolute atomic E-state index is 0.111. The van der Waals surface area contributed by atoms with Gasteiger partial charge in [-0.2, -0.15) is 0 Å². The third kappa shape index (κ3) is 5.50. The molecule has 1 saturated heterocycles. The number of likely N-dealkylation sites (tertiary alicyclic amines) is 1. The number of hydrogen-bond acceptors (Lipinski definition) is 5. The summed E-state index contributed by atoms with van der Waals surface area (Å²) in [6.45, 7) is 4.39. The van der Waals surface area contributed by atoms with Gasteiger partial charge in [0.1, 0.15) is 0 Å². The lowest BCUT2D eigenvalue weighted by molar-refractivity contribution is -0.527. The normalized spacial score (nSPS) is 25.3. The number of halogens is 2. The number of nitro groups is 1. The number of ether oxygens (including phenoxy) is 1. The van der Waals surface area contributed by atoms with Crippen LogP contribution in [-0.4, -0.2) is 48.1 Å². The van der Waals surface area contributed by atoms with E-state index in [2.05, 4.69) is 11.0 Å². The van der Waals surface area contributed by atoms with Crippen molar-refractivity contribution in [1.82, 2.24) is 4.90 Å². The van der Waals surface area contributed by atoms with E-state index in [1.807, 2.05) is 6.92 Å². The van der Waals surface area contributed by atoms with Crippen LogP contribution in [0.25, 0.3) is 0 Å².